The zero-order chi connectivity index (χ0) is 14.4. The number of rotatable bonds is 5. The van der Waals surface area contributed by atoms with Crippen molar-refractivity contribution in [2.75, 3.05) is 45.9 Å². The van der Waals surface area contributed by atoms with E-state index in [0.29, 0.717) is 12.0 Å². The van der Waals surface area contributed by atoms with E-state index < -0.39 is 0 Å². The highest BCUT2D eigenvalue weighted by molar-refractivity contribution is 5.78. The Kier molecular flexibility index (Phi) is 6.26. The summed E-state index contributed by atoms with van der Waals surface area (Å²) in [5, 5.41) is 6.48. The molecule has 2 aliphatic heterocycles. The molecule has 2 aliphatic rings. The number of nitrogens with zero attached hydrogens (tertiary/aromatic N) is 1. The van der Waals surface area contributed by atoms with Crippen LogP contribution >= 0.6 is 0 Å². The number of ether oxygens (including phenoxy) is 1. The van der Waals surface area contributed by atoms with Crippen LogP contribution in [0.1, 0.15) is 26.7 Å². The summed E-state index contributed by atoms with van der Waals surface area (Å²) in [4.78, 5) is 14.7. The number of piperidine rings is 1. The number of amides is 1. The van der Waals surface area contributed by atoms with Gasteiger partial charge in [-0.25, -0.2) is 0 Å². The Morgan fingerprint density at radius 2 is 1.95 bits per heavy atom. The molecular formula is C15H29N3O2. The molecule has 5 nitrogen and oxygen atoms in total. The lowest BCUT2D eigenvalue weighted by Crippen LogP contribution is -2.52. The lowest BCUT2D eigenvalue weighted by Gasteiger charge is -2.37. The van der Waals surface area contributed by atoms with Gasteiger partial charge in [0.05, 0.1) is 13.2 Å². The van der Waals surface area contributed by atoms with E-state index in [1.165, 1.54) is 0 Å². The first-order chi connectivity index (χ1) is 9.68. The second-order valence-corrected chi connectivity index (χ2v) is 6.23. The molecule has 20 heavy (non-hydrogen) atoms. The van der Waals surface area contributed by atoms with E-state index in [-0.39, 0.29) is 11.8 Å². The topological polar surface area (TPSA) is 53.6 Å². The summed E-state index contributed by atoms with van der Waals surface area (Å²) in [6.45, 7) is 10.7. The first-order valence-corrected chi connectivity index (χ1v) is 7.98. The normalized spacial score (nSPS) is 23.8. The average Bonchev–Trinajstić information content (AvgIpc) is 2.49. The number of hydrogen-bond acceptors (Lipinski definition) is 4. The van der Waals surface area contributed by atoms with E-state index in [9.17, 15) is 4.79 Å². The minimum Gasteiger partial charge on any atom is -0.379 e. The zero-order valence-corrected chi connectivity index (χ0v) is 12.9. The SMILES string of the molecule is CC(C)C(CNC(=O)C1CCNCC1)N1CCOCC1. The minimum absolute atomic E-state index is 0.203. The molecule has 2 fully saturated rings. The van der Waals surface area contributed by atoms with Gasteiger partial charge in [0, 0.05) is 31.6 Å². The van der Waals surface area contributed by atoms with E-state index in [1.807, 2.05) is 0 Å². The van der Waals surface area contributed by atoms with Crippen LogP contribution in [0.5, 0.6) is 0 Å². The Bertz CT molecular complexity index is 297. The van der Waals surface area contributed by atoms with Gasteiger partial charge in [-0.15, -0.1) is 0 Å². The smallest absolute Gasteiger partial charge is 0.223 e. The number of carbonyl (C=O) groups is 1. The van der Waals surface area contributed by atoms with Gasteiger partial charge in [-0.2, -0.15) is 0 Å². The van der Waals surface area contributed by atoms with Gasteiger partial charge in [-0.05, 0) is 31.8 Å². The molecule has 2 N–H and O–H groups in total. The minimum atomic E-state index is 0.203. The second-order valence-electron chi connectivity index (χ2n) is 6.23. The molecule has 1 amide bonds. The van der Waals surface area contributed by atoms with Gasteiger partial charge in [-0.1, -0.05) is 13.8 Å². The third-order valence-electron chi connectivity index (χ3n) is 4.48. The van der Waals surface area contributed by atoms with Crippen LogP contribution in [0.2, 0.25) is 0 Å². The van der Waals surface area contributed by atoms with Gasteiger partial charge in [0.1, 0.15) is 0 Å². The molecule has 0 spiro atoms. The molecule has 0 aromatic rings. The van der Waals surface area contributed by atoms with Crippen LogP contribution in [0.15, 0.2) is 0 Å². The lowest BCUT2D eigenvalue weighted by molar-refractivity contribution is -0.126. The summed E-state index contributed by atoms with van der Waals surface area (Å²) in [5.41, 5.74) is 0. The molecule has 116 valence electrons. The molecule has 1 unspecified atom stereocenters. The van der Waals surface area contributed by atoms with Crippen molar-refractivity contribution in [1.82, 2.24) is 15.5 Å². The molecule has 0 bridgehead atoms. The van der Waals surface area contributed by atoms with Gasteiger partial charge in [-0.3, -0.25) is 9.69 Å². The number of nitrogens with one attached hydrogen (secondary N) is 2. The van der Waals surface area contributed by atoms with Crippen LogP contribution in [0, 0.1) is 11.8 Å². The highest BCUT2D eigenvalue weighted by atomic mass is 16.5. The molecule has 0 aliphatic carbocycles. The van der Waals surface area contributed by atoms with Gasteiger partial charge in [0.2, 0.25) is 5.91 Å². The standard InChI is InChI=1S/C15H29N3O2/c1-12(2)14(18-7-9-20-10-8-18)11-17-15(19)13-3-5-16-6-4-13/h12-14,16H,3-11H2,1-2H3,(H,17,19). The van der Waals surface area contributed by atoms with E-state index in [4.69, 9.17) is 4.74 Å². The van der Waals surface area contributed by atoms with Crippen LogP contribution in [0.4, 0.5) is 0 Å². The monoisotopic (exact) mass is 283 g/mol. The van der Waals surface area contributed by atoms with Crippen molar-refractivity contribution in [2.45, 2.75) is 32.7 Å². The largest absolute Gasteiger partial charge is 0.379 e. The van der Waals surface area contributed by atoms with Crippen molar-refractivity contribution in [1.29, 1.82) is 0 Å². The molecule has 2 saturated heterocycles. The van der Waals surface area contributed by atoms with Gasteiger partial charge >= 0.3 is 0 Å². The molecule has 2 heterocycles. The predicted molar refractivity (Wildman–Crippen MR) is 79.6 cm³/mol. The number of morpholine rings is 1. The van der Waals surface area contributed by atoms with E-state index in [2.05, 4.69) is 29.4 Å². The molecule has 2 rings (SSSR count). The third-order valence-corrected chi connectivity index (χ3v) is 4.48. The van der Waals surface area contributed by atoms with Crippen LogP contribution in [0.25, 0.3) is 0 Å². The first kappa shape index (κ1) is 15.7. The third kappa shape index (κ3) is 4.43. The van der Waals surface area contributed by atoms with Crippen molar-refractivity contribution in [2.24, 2.45) is 11.8 Å². The summed E-state index contributed by atoms with van der Waals surface area (Å²) in [5.74, 6) is 0.987. The Morgan fingerprint density at radius 1 is 1.30 bits per heavy atom. The highest BCUT2D eigenvalue weighted by Gasteiger charge is 2.26. The highest BCUT2D eigenvalue weighted by Crippen LogP contribution is 2.14. The van der Waals surface area contributed by atoms with E-state index >= 15 is 0 Å². The maximum atomic E-state index is 12.2. The van der Waals surface area contributed by atoms with Crippen molar-refractivity contribution in [3.05, 3.63) is 0 Å². The fourth-order valence-electron chi connectivity index (χ4n) is 3.13. The van der Waals surface area contributed by atoms with Crippen LogP contribution in [0.3, 0.4) is 0 Å². The summed E-state index contributed by atoms with van der Waals surface area (Å²) in [6.07, 6.45) is 1.94. The van der Waals surface area contributed by atoms with E-state index in [0.717, 1.165) is 58.8 Å². The Balaban J connectivity index is 1.80. The number of hydrogen-bond donors (Lipinski definition) is 2. The van der Waals surface area contributed by atoms with Gasteiger partial charge < -0.3 is 15.4 Å². The van der Waals surface area contributed by atoms with Crippen molar-refractivity contribution in [3.63, 3.8) is 0 Å². The maximum Gasteiger partial charge on any atom is 0.223 e. The zero-order valence-electron chi connectivity index (χ0n) is 12.9. The predicted octanol–water partition coefficient (Wildman–Crippen LogP) is 0.459. The Hall–Kier alpha value is -0.650. The second kappa shape index (κ2) is 7.96. The van der Waals surface area contributed by atoms with Crippen LogP contribution in [-0.2, 0) is 9.53 Å². The quantitative estimate of drug-likeness (QED) is 0.770. The van der Waals surface area contributed by atoms with Crippen LogP contribution < -0.4 is 10.6 Å². The molecular weight excluding hydrogens is 254 g/mol. The van der Waals surface area contributed by atoms with Gasteiger partial charge in [0.15, 0.2) is 0 Å². The molecule has 0 aromatic carbocycles. The summed E-state index contributed by atoms with van der Waals surface area (Å²) in [6, 6.07) is 0.421. The molecule has 5 heteroatoms. The Labute approximate surface area is 122 Å². The van der Waals surface area contributed by atoms with Gasteiger partial charge in [0.25, 0.3) is 0 Å². The van der Waals surface area contributed by atoms with Crippen molar-refractivity contribution >= 4 is 5.91 Å². The van der Waals surface area contributed by atoms with Crippen molar-refractivity contribution < 1.29 is 9.53 Å². The summed E-state index contributed by atoms with van der Waals surface area (Å²) < 4.78 is 5.41. The molecule has 0 saturated carbocycles. The summed E-state index contributed by atoms with van der Waals surface area (Å²) >= 11 is 0. The molecule has 0 radical (unpaired) electrons. The van der Waals surface area contributed by atoms with E-state index in [1.54, 1.807) is 0 Å². The lowest BCUT2D eigenvalue weighted by atomic mass is 9.96. The molecule has 0 aromatic heterocycles. The molecule has 1 atom stereocenters. The first-order valence-electron chi connectivity index (χ1n) is 7.98. The van der Waals surface area contributed by atoms with Crippen molar-refractivity contribution in [3.8, 4) is 0 Å². The number of carbonyl (C=O) groups excluding carboxylic acids is 1. The fraction of sp³-hybridized carbons (Fsp3) is 0.933. The Morgan fingerprint density at radius 3 is 2.55 bits per heavy atom. The summed E-state index contributed by atoms with van der Waals surface area (Å²) in [7, 11) is 0. The average molecular weight is 283 g/mol. The maximum absolute atomic E-state index is 12.2. The van der Waals surface area contributed by atoms with Crippen LogP contribution in [-0.4, -0.2) is 62.8 Å². The fourth-order valence-corrected chi connectivity index (χ4v) is 3.13.